The van der Waals surface area contributed by atoms with Crippen molar-refractivity contribution in [3.63, 3.8) is 0 Å². The molecule has 2 aromatic rings. The Labute approximate surface area is 106 Å². The predicted molar refractivity (Wildman–Crippen MR) is 74.2 cm³/mol. The molecule has 5 nitrogen and oxygen atoms in total. The van der Waals surface area contributed by atoms with E-state index in [1.54, 1.807) is 0 Å². The van der Waals surface area contributed by atoms with Crippen molar-refractivity contribution in [2.75, 3.05) is 43.4 Å². The van der Waals surface area contributed by atoms with Crippen molar-refractivity contribution in [1.82, 2.24) is 15.3 Å². The molecule has 3 heterocycles. The van der Waals surface area contributed by atoms with E-state index in [9.17, 15) is 0 Å². The first kappa shape index (κ1) is 11.2. The van der Waals surface area contributed by atoms with Gasteiger partial charge in [-0.15, -0.1) is 0 Å². The molecule has 94 valence electrons. The molecule has 0 saturated carbocycles. The van der Waals surface area contributed by atoms with Gasteiger partial charge in [-0.2, -0.15) is 0 Å². The lowest BCUT2D eigenvalue weighted by molar-refractivity contribution is 0.589. The molecule has 2 N–H and O–H groups in total. The van der Waals surface area contributed by atoms with E-state index < -0.39 is 0 Å². The van der Waals surface area contributed by atoms with Crippen LogP contribution in [0, 0.1) is 0 Å². The Balaban J connectivity index is 2.00. The highest BCUT2D eigenvalue weighted by Crippen LogP contribution is 2.23. The van der Waals surface area contributed by atoms with E-state index in [2.05, 4.69) is 31.6 Å². The minimum Gasteiger partial charge on any atom is -0.371 e. The average molecular weight is 243 g/mol. The molecule has 0 amide bonds. The fourth-order valence-corrected chi connectivity index (χ4v) is 2.33. The fourth-order valence-electron chi connectivity index (χ4n) is 2.33. The van der Waals surface area contributed by atoms with Gasteiger partial charge in [0.1, 0.15) is 5.52 Å². The summed E-state index contributed by atoms with van der Waals surface area (Å²) >= 11 is 0. The van der Waals surface area contributed by atoms with Crippen LogP contribution >= 0.6 is 0 Å². The van der Waals surface area contributed by atoms with Gasteiger partial charge >= 0.3 is 0 Å². The van der Waals surface area contributed by atoms with E-state index in [1.807, 2.05) is 25.5 Å². The smallest absolute Gasteiger partial charge is 0.152 e. The molecular weight excluding hydrogens is 226 g/mol. The first-order valence-corrected chi connectivity index (χ1v) is 6.26. The Morgan fingerprint density at radius 2 is 2.11 bits per heavy atom. The zero-order valence-corrected chi connectivity index (χ0v) is 10.5. The van der Waals surface area contributed by atoms with Crippen molar-refractivity contribution in [3.8, 4) is 0 Å². The standard InChI is InChI=1S/C13H17N5/c1-14-13-12-10(2-3-16-13)8-11(9-17-12)18-6-4-15-5-7-18/h2-3,8-9,15H,4-7H2,1H3,(H,14,16). The number of hydrogen-bond acceptors (Lipinski definition) is 5. The number of pyridine rings is 2. The summed E-state index contributed by atoms with van der Waals surface area (Å²) in [6.07, 6.45) is 3.76. The van der Waals surface area contributed by atoms with Crippen molar-refractivity contribution in [2.24, 2.45) is 0 Å². The number of rotatable bonds is 2. The number of aromatic nitrogens is 2. The normalized spacial score (nSPS) is 15.9. The lowest BCUT2D eigenvalue weighted by Gasteiger charge is -2.29. The minimum absolute atomic E-state index is 0.833. The first-order valence-electron chi connectivity index (χ1n) is 6.26. The van der Waals surface area contributed by atoms with E-state index in [4.69, 9.17) is 0 Å². The molecule has 0 aliphatic carbocycles. The third-order valence-corrected chi connectivity index (χ3v) is 3.30. The van der Waals surface area contributed by atoms with Crippen molar-refractivity contribution in [1.29, 1.82) is 0 Å². The second kappa shape index (κ2) is 4.78. The number of piperazine rings is 1. The van der Waals surface area contributed by atoms with Gasteiger partial charge in [0.2, 0.25) is 0 Å². The van der Waals surface area contributed by atoms with Crippen molar-refractivity contribution >= 4 is 22.4 Å². The molecule has 0 bridgehead atoms. The van der Waals surface area contributed by atoms with Gasteiger partial charge in [0.25, 0.3) is 0 Å². The second-order valence-electron chi connectivity index (χ2n) is 4.41. The molecule has 0 spiro atoms. The summed E-state index contributed by atoms with van der Waals surface area (Å²) in [6, 6.07) is 4.20. The number of nitrogens with one attached hydrogen (secondary N) is 2. The van der Waals surface area contributed by atoms with Gasteiger partial charge in [-0.05, 0) is 12.1 Å². The van der Waals surface area contributed by atoms with Crippen LogP contribution in [-0.4, -0.2) is 43.2 Å². The largest absolute Gasteiger partial charge is 0.371 e. The van der Waals surface area contributed by atoms with Crippen LogP contribution in [0.3, 0.4) is 0 Å². The van der Waals surface area contributed by atoms with Crippen molar-refractivity contribution in [3.05, 3.63) is 24.5 Å². The third-order valence-electron chi connectivity index (χ3n) is 3.30. The van der Waals surface area contributed by atoms with E-state index >= 15 is 0 Å². The second-order valence-corrected chi connectivity index (χ2v) is 4.41. The Morgan fingerprint density at radius 1 is 1.28 bits per heavy atom. The lowest BCUT2D eigenvalue weighted by atomic mass is 10.2. The summed E-state index contributed by atoms with van der Waals surface area (Å²) in [5.41, 5.74) is 2.12. The maximum Gasteiger partial charge on any atom is 0.152 e. The predicted octanol–water partition coefficient (Wildman–Crippen LogP) is 1.08. The monoisotopic (exact) mass is 243 g/mol. The maximum atomic E-state index is 4.54. The van der Waals surface area contributed by atoms with Crippen LogP contribution < -0.4 is 15.5 Å². The Kier molecular flexibility index (Phi) is 2.98. The van der Waals surface area contributed by atoms with Gasteiger partial charge in [-0.1, -0.05) is 0 Å². The SMILES string of the molecule is CNc1nccc2cc(N3CCNCC3)cnc12. The highest BCUT2D eigenvalue weighted by Gasteiger charge is 2.12. The molecule has 2 aromatic heterocycles. The summed E-state index contributed by atoms with van der Waals surface area (Å²) in [5, 5.41) is 7.56. The summed E-state index contributed by atoms with van der Waals surface area (Å²) in [4.78, 5) is 11.2. The zero-order valence-electron chi connectivity index (χ0n) is 10.5. The van der Waals surface area contributed by atoms with Gasteiger partial charge in [0.05, 0.1) is 11.9 Å². The molecule has 0 atom stereocenters. The molecule has 1 aliphatic rings. The fraction of sp³-hybridized carbons (Fsp3) is 0.385. The molecule has 1 aliphatic heterocycles. The quantitative estimate of drug-likeness (QED) is 0.826. The van der Waals surface area contributed by atoms with Gasteiger partial charge in [-0.3, -0.25) is 4.98 Å². The van der Waals surface area contributed by atoms with Crippen LogP contribution in [0.1, 0.15) is 0 Å². The number of nitrogens with zero attached hydrogens (tertiary/aromatic N) is 3. The van der Waals surface area contributed by atoms with E-state index in [0.717, 1.165) is 42.9 Å². The molecule has 5 heteroatoms. The maximum absolute atomic E-state index is 4.54. The molecule has 0 unspecified atom stereocenters. The Bertz CT molecular complexity index is 548. The van der Waals surface area contributed by atoms with Crippen molar-refractivity contribution < 1.29 is 0 Å². The summed E-state index contributed by atoms with van der Waals surface area (Å²) < 4.78 is 0. The van der Waals surface area contributed by atoms with Crippen LogP contribution in [0.4, 0.5) is 11.5 Å². The van der Waals surface area contributed by atoms with Gasteiger partial charge < -0.3 is 15.5 Å². The third kappa shape index (κ3) is 1.97. The molecule has 18 heavy (non-hydrogen) atoms. The molecular formula is C13H17N5. The van der Waals surface area contributed by atoms with Gasteiger partial charge in [-0.25, -0.2) is 4.98 Å². The van der Waals surface area contributed by atoms with Gasteiger partial charge in [0.15, 0.2) is 5.82 Å². The molecule has 0 radical (unpaired) electrons. The summed E-state index contributed by atoms with van der Waals surface area (Å²) in [6.45, 7) is 4.15. The minimum atomic E-state index is 0.833. The average Bonchev–Trinajstić information content (AvgIpc) is 2.47. The van der Waals surface area contributed by atoms with Crippen LogP contribution in [0.5, 0.6) is 0 Å². The lowest BCUT2D eigenvalue weighted by Crippen LogP contribution is -2.43. The van der Waals surface area contributed by atoms with Gasteiger partial charge in [0, 0.05) is 44.8 Å². The molecule has 1 fully saturated rings. The van der Waals surface area contributed by atoms with E-state index in [1.165, 1.54) is 5.69 Å². The molecule has 1 saturated heterocycles. The number of fused-ring (bicyclic) bond motifs is 1. The summed E-state index contributed by atoms with van der Waals surface area (Å²) in [7, 11) is 1.87. The molecule has 3 rings (SSSR count). The topological polar surface area (TPSA) is 53.1 Å². The van der Waals surface area contributed by atoms with Crippen LogP contribution in [-0.2, 0) is 0 Å². The van der Waals surface area contributed by atoms with E-state index in [-0.39, 0.29) is 0 Å². The first-order chi connectivity index (χ1) is 8.88. The zero-order chi connectivity index (χ0) is 12.4. The van der Waals surface area contributed by atoms with Crippen LogP contribution in [0.15, 0.2) is 24.5 Å². The number of hydrogen-bond donors (Lipinski definition) is 2. The van der Waals surface area contributed by atoms with Crippen LogP contribution in [0.2, 0.25) is 0 Å². The highest BCUT2D eigenvalue weighted by molar-refractivity contribution is 5.89. The number of anilines is 2. The van der Waals surface area contributed by atoms with Crippen molar-refractivity contribution in [2.45, 2.75) is 0 Å². The Hall–Kier alpha value is -1.88. The summed E-state index contributed by atoms with van der Waals surface area (Å²) in [5.74, 6) is 0.833. The molecule has 0 aromatic carbocycles. The Morgan fingerprint density at radius 3 is 2.89 bits per heavy atom. The highest BCUT2D eigenvalue weighted by atomic mass is 15.2. The van der Waals surface area contributed by atoms with E-state index in [0.29, 0.717) is 0 Å². The van der Waals surface area contributed by atoms with Crippen LogP contribution in [0.25, 0.3) is 10.9 Å².